The lowest BCUT2D eigenvalue weighted by atomic mass is 10.1. The van der Waals surface area contributed by atoms with Crippen molar-refractivity contribution in [3.05, 3.63) is 65.9 Å². The van der Waals surface area contributed by atoms with E-state index in [1.54, 1.807) is 6.20 Å². The zero-order chi connectivity index (χ0) is 19.8. The summed E-state index contributed by atoms with van der Waals surface area (Å²) in [5.74, 6) is 0.529. The molecule has 0 aliphatic heterocycles. The first-order chi connectivity index (χ1) is 13.7. The molecule has 0 aliphatic carbocycles. The quantitative estimate of drug-likeness (QED) is 0.465. The number of carbonyl (C=O) groups excluding carboxylic acids is 1. The van der Waals surface area contributed by atoms with Crippen molar-refractivity contribution in [2.75, 3.05) is 30.3 Å². The molecule has 0 unspecified atom stereocenters. The van der Waals surface area contributed by atoms with E-state index in [-0.39, 0.29) is 18.4 Å². The predicted molar refractivity (Wildman–Crippen MR) is 121 cm³/mol. The van der Waals surface area contributed by atoms with Gasteiger partial charge in [0.25, 0.3) is 0 Å². The first kappa shape index (κ1) is 22.5. The summed E-state index contributed by atoms with van der Waals surface area (Å²) in [5, 5.41) is 10.9. The van der Waals surface area contributed by atoms with Crippen molar-refractivity contribution in [3.63, 3.8) is 0 Å². The zero-order valence-corrected chi connectivity index (χ0v) is 17.5. The Morgan fingerprint density at radius 1 is 1.14 bits per heavy atom. The van der Waals surface area contributed by atoms with Crippen molar-refractivity contribution in [2.45, 2.75) is 20.5 Å². The van der Waals surface area contributed by atoms with Crippen LogP contribution in [0.2, 0.25) is 0 Å². The number of carbonyl (C=O) groups is 1. The number of nitrogens with one attached hydrogen (secondary N) is 3. The number of halogens is 1. The number of amides is 2. The van der Waals surface area contributed by atoms with E-state index in [1.807, 2.05) is 31.2 Å². The molecule has 1 heterocycles. The monoisotopic (exact) mass is 414 g/mol. The second-order valence-corrected chi connectivity index (χ2v) is 6.53. The Kier molecular flexibility index (Phi) is 8.70. The molecule has 2 aromatic carbocycles. The maximum absolute atomic E-state index is 11.7. The van der Waals surface area contributed by atoms with Gasteiger partial charge in [-0.2, -0.15) is 0 Å². The lowest BCUT2D eigenvalue weighted by Crippen LogP contribution is -2.28. The molecule has 2 amide bonds. The number of benzene rings is 2. The molecule has 154 valence electrons. The summed E-state index contributed by atoms with van der Waals surface area (Å²) in [6.45, 7) is 6.44. The summed E-state index contributed by atoms with van der Waals surface area (Å²) in [6, 6.07) is 15.9. The SMILES string of the molecule is CCNC(=O)Nc1cc2cc(NCCOCc3ccccc3)cc(C)c2cn1.Cl. The summed E-state index contributed by atoms with van der Waals surface area (Å²) in [7, 11) is 0. The van der Waals surface area contributed by atoms with Gasteiger partial charge in [-0.15, -0.1) is 12.4 Å². The van der Waals surface area contributed by atoms with E-state index in [4.69, 9.17) is 4.74 Å². The van der Waals surface area contributed by atoms with Gasteiger partial charge in [0, 0.05) is 30.4 Å². The van der Waals surface area contributed by atoms with Gasteiger partial charge >= 0.3 is 6.03 Å². The van der Waals surface area contributed by atoms with E-state index >= 15 is 0 Å². The highest BCUT2D eigenvalue weighted by molar-refractivity contribution is 5.94. The molecule has 0 saturated heterocycles. The van der Waals surface area contributed by atoms with Crippen molar-refractivity contribution >= 4 is 40.7 Å². The number of hydrogen-bond acceptors (Lipinski definition) is 4. The highest BCUT2D eigenvalue weighted by Crippen LogP contribution is 2.24. The van der Waals surface area contributed by atoms with E-state index in [0.29, 0.717) is 32.1 Å². The highest BCUT2D eigenvalue weighted by Gasteiger charge is 2.06. The van der Waals surface area contributed by atoms with Crippen LogP contribution in [0, 0.1) is 6.92 Å². The zero-order valence-electron chi connectivity index (χ0n) is 16.7. The number of anilines is 2. The van der Waals surface area contributed by atoms with Crippen LogP contribution in [-0.4, -0.2) is 30.7 Å². The molecule has 0 bridgehead atoms. The number of nitrogens with zero attached hydrogens (tertiary/aromatic N) is 1. The molecule has 0 atom stereocenters. The van der Waals surface area contributed by atoms with Crippen LogP contribution in [0.3, 0.4) is 0 Å². The van der Waals surface area contributed by atoms with E-state index in [2.05, 4.69) is 52.1 Å². The van der Waals surface area contributed by atoms with E-state index in [0.717, 1.165) is 22.0 Å². The fourth-order valence-corrected chi connectivity index (χ4v) is 2.96. The second-order valence-electron chi connectivity index (χ2n) is 6.53. The third-order valence-electron chi connectivity index (χ3n) is 4.31. The minimum absolute atomic E-state index is 0. The van der Waals surface area contributed by atoms with Crippen LogP contribution in [0.1, 0.15) is 18.1 Å². The molecule has 0 saturated carbocycles. The Hall–Kier alpha value is -2.83. The Labute approximate surface area is 177 Å². The van der Waals surface area contributed by atoms with Crippen molar-refractivity contribution in [1.29, 1.82) is 0 Å². The van der Waals surface area contributed by atoms with Crippen LogP contribution in [0.4, 0.5) is 16.3 Å². The predicted octanol–water partition coefficient (Wildman–Crippen LogP) is 4.74. The maximum Gasteiger partial charge on any atom is 0.320 e. The number of fused-ring (bicyclic) bond motifs is 1. The third-order valence-corrected chi connectivity index (χ3v) is 4.31. The Balaban J connectivity index is 0.00000300. The van der Waals surface area contributed by atoms with Gasteiger partial charge in [-0.1, -0.05) is 30.3 Å². The van der Waals surface area contributed by atoms with Gasteiger partial charge in [-0.05, 0) is 48.6 Å². The largest absolute Gasteiger partial charge is 0.383 e. The molecule has 0 spiro atoms. The Bertz CT molecular complexity index is 935. The van der Waals surface area contributed by atoms with E-state index in [9.17, 15) is 4.79 Å². The summed E-state index contributed by atoms with van der Waals surface area (Å²) in [6.07, 6.45) is 1.79. The highest BCUT2D eigenvalue weighted by atomic mass is 35.5. The topological polar surface area (TPSA) is 75.3 Å². The van der Waals surface area contributed by atoms with E-state index in [1.165, 1.54) is 5.56 Å². The number of rotatable bonds is 8. The number of pyridine rings is 1. The molecule has 3 rings (SSSR count). The van der Waals surface area contributed by atoms with Gasteiger partial charge in [0.05, 0.1) is 13.2 Å². The number of urea groups is 1. The molecule has 29 heavy (non-hydrogen) atoms. The van der Waals surface area contributed by atoms with Gasteiger partial charge in [0.1, 0.15) is 5.82 Å². The number of aryl methyl sites for hydroxylation is 1. The molecule has 1 aromatic heterocycles. The molecule has 0 radical (unpaired) electrons. The van der Waals surface area contributed by atoms with Gasteiger partial charge in [0.15, 0.2) is 0 Å². The summed E-state index contributed by atoms with van der Waals surface area (Å²) in [4.78, 5) is 16.0. The molecule has 0 aliphatic rings. The van der Waals surface area contributed by atoms with Crippen LogP contribution in [0.15, 0.2) is 54.7 Å². The molecular weight excluding hydrogens is 388 g/mol. The molecule has 3 N–H and O–H groups in total. The van der Waals surface area contributed by atoms with Gasteiger partial charge < -0.3 is 15.4 Å². The Morgan fingerprint density at radius 3 is 2.69 bits per heavy atom. The smallest absolute Gasteiger partial charge is 0.320 e. The van der Waals surface area contributed by atoms with Crippen LogP contribution >= 0.6 is 12.4 Å². The number of ether oxygens (including phenoxy) is 1. The third kappa shape index (κ3) is 6.62. The minimum Gasteiger partial charge on any atom is -0.383 e. The number of aromatic nitrogens is 1. The van der Waals surface area contributed by atoms with Crippen molar-refractivity contribution in [2.24, 2.45) is 0 Å². The first-order valence-corrected chi connectivity index (χ1v) is 9.46. The van der Waals surface area contributed by atoms with Crippen LogP contribution in [0.25, 0.3) is 10.8 Å². The average molecular weight is 415 g/mol. The molecule has 3 aromatic rings. The summed E-state index contributed by atoms with van der Waals surface area (Å²) >= 11 is 0. The second kappa shape index (κ2) is 11.2. The summed E-state index contributed by atoms with van der Waals surface area (Å²) in [5.41, 5.74) is 3.31. The molecule has 0 fully saturated rings. The molecular formula is C22H27ClN4O2. The molecule has 6 nitrogen and oxygen atoms in total. The van der Waals surface area contributed by atoms with Crippen LogP contribution in [0.5, 0.6) is 0 Å². The summed E-state index contributed by atoms with van der Waals surface area (Å²) < 4.78 is 5.72. The fraction of sp³-hybridized carbons (Fsp3) is 0.273. The molecule has 7 heteroatoms. The van der Waals surface area contributed by atoms with Crippen molar-refractivity contribution < 1.29 is 9.53 Å². The Morgan fingerprint density at radius 2 is 1.93 bits per heavy atom. The lowest BCUT2D eigenvalue weighted by Gasteiger charge is -2.12. The first-order valence-electron chi connectivity index (χ1n) is 9.46. The van der Waals surface area contributed by atoms with E-state index < -0.39 is 0 Å². The van der Waals surface area contributed by atoms with Gasteiger partial charge in [-0.3, -0.25) is 5.32 Å². The fourth-order valence-electron chi connectivity index (χ4n) is 2.96. The van der Waals surface area contributed by atoms with Gasteiger partial charge in [0.2, 0.25) is 0 Å². The standard InChI is InChI=1S/C22H26N4O2.ClH/c1-3-23-22(27)26-21-13-18-12-19(11-16(2)20(18)14-25-21)24-9-10-28-15-17-7-5-4-6-8-17;/h4-8,11-14,24H,3,9-10,15H2,1-2H3,(H2,23,25,26,27);1H. The van der Waals surface area contributed by atoms with Crippen LogP contribution in [-0.2, 0) is 11.3 Å². The van der Waals surface area contributed by atoms with Crippen LogP contribution < -0.4 is 16.0 Å². The normalized spacial score (nSPS) is 10.3. The lowest BCUT2D eigenvalue weighted by molar-refractivity contribution is 0.130. The van der Waals surface area contributed by atoms with Crippen molar-refractivity contribution in [1.82, 2.24) is 10.3 Å². The minimum atomic E-state index is -0.254. The number of hydrogen-bond donors (Lipinski definition) is 3. The van der Waals surface area contributed by atoms with Gasteiger partial charge in [-0.25, -0.2) is 9.78 Å². The average Bonchev–Trinajstić information content (AvgIpc) is 2.68. The maximum atomic E-state index is 11.7. The van der Waals surface area contributed by atoms with Crippen molar-refractivity contribution in [3.8, 4) is 0 Å².